The summed E-state index contributed by atoms with van der Waals surface area (Å²) in [4.78, 5) is 10.1. The third-order valence-electron chi connectivity index (χ3n) is 2.20. The minimum Gasteiger partial charge on any atom is -0.468 e. The summed E-state index contributed by atoms with van der Waals surface area (Å²) in [5.74, 6) is -0.375. The first-order chi connectivity index (χ1) is 8.72. The van der Waals surface area contributed by atoms with Crippen molar-refractivity contribution in [1.82, 2.24) is 0 Å². The van der Waals surface area contributed by atoms with Gasteiger partial charge in [0.15, 0.2) is 0 Å². The van der Waals surface area contributed by atoms with Crippen molar-refractivity contribution in [3.8, 4) is 0 Å². The van der Waals surface area contributed by atoms with E-state index in [1.165, 1.54) is 19.2 Å². The lowest BCUT2D eigenvalue weighted by Crippen LogP contribution is -2.27. The molecule has 7 heteroatoms. The predicted octanol–water partition coefficient (Wildman–Crippen LogP) is 1.00. The number of hydrogen-bond donors (Lipinski definition) is 2. The number of hydrogen-bond acceptors (Lipinski definition) is 5. The number of aryl methyl sites for hydroxylation is 1. The van der Waals surface area contributed by atoms with E-state index < -0.39 is 16.2 Å². The Kier molecular flexibility index (Phi) is 7.28. The Hall–Kier alpha value is -1.44. The SMILES string of the molecule is CCc1ccc(S(=O)(=O)O)cc1.COC(=O)C(C)N. The molecule has 0 aliphatic rings. The Morgan fingerprint density at radius 3 is 2.05 bits per heavy atom. The molecular weight excluding hydrogens is 270 g/mol. The number of nitrogens with two attached hydrogens (primary N) is 1. The fourth-order valence-corrected chi connectivity index (χ4v) is 1.56. The number of benzene rings is 1. The molecule has 108 valence electrons. The molecule has 0 spiro atoms. The number of rotatable bonds is 3. The minimum atomic E-state index is -4.03. The summed E-state index contributed by atoms with van der Waals surface area (Å²) in [5, 5.41) is 0. The van der Waals surface area contributed by atoms with Crippen LogP contribution in [0.4, 0.5) is 0 Å². The van der Waals surface area contributed by atoms with E-state index in [0.717, 1.165) is 12.0 Å². The highest BCUT2D eigenvalue weighted by molar-refractivity contribution is 7.85. The molecule has 0 radical (unpaired) electrons. The molecule has 0 bridgehead atoms. The number of ether oxygens (including phenoxy) is 1. The first-order valence-electron chi connectivity index (χ1n) is 5.62. The first-order valence-corrected chi connectivity index (χ1v) is 7.06. The van der Waals surface area contributed by atoms with Crippen molar-refractivity contribution in [3.05, 3.63) is 29.8 Å². The van der Waals surface area contributed by atoms with Crippen LogP contribution in [0.2, 0.25) is 0 Å². The van der Waals surface area contributed by atoms with E-state index in [1.807, 2.05) is 6.92 Å². The van der Waals surface area contributed by atoms with Crippen molar-refractivity contribution in [1.29, 1.82) is 0 Å². The molecule has 0 amide bonds. The van der Waals surface area contributed by atoms with Crippen LogP contribution < -0.4 is 5.73 Å². The second-order valence-electron chi connectivity index (χ2n) is 3.78. The van der Waals surface area contributed by atoms with Gasteiger partial charge in [-0.05, 0) is 31.0 Å². The Morgan fingerprint density at radius 1 is 1.37 bits per heavy atom. The monoisotopic (exact) mass is 289 g/mol. The molecule has 0 aliphatic heterocycles. The molecular formula is C12H19NO5S. The third kappa shape index (κ3) is 6.90. The zero-order chi connectivity index (χ0) is 15.1. The van der Waals surface area contributed by atoms with Gasteiger partial charge in [-0.2, -0.15) is 8.42 Å². The molecule has 0 aromatic heterocycles. The van der Waals surface area contributed by atoms with Crippen molar-refractivity contribution in [2.24, 2.45) is 5.73 Å². The summed E-state index contributed by atoms with van der Waals surface area (Å²) < 4.78 is 34.0. The molecule has 19 heavy (non-hydrogen) atoms. The molecule has 0 saturated heterocycles. The standard InChI is InChI=1S/C8H10O3S.C4H9NO2/c1-2-7-3-5-8(6-4-7)12(9,10)11;1-3(5)4(6)7-2/h3-6H,2H2,1H3,(H,9,10,11);3H,5H2,1-2H3. The average molecular weight is 289 g/mol. The van der Waals surface area contributed by atoms with Crippen molar-refractivity contribution in [2.45, 2.75) is 31.2 Å². The van der Waals surface area contributed by atoms with Crippen molar-refractivity contribution < 1.29 is 22.5 Å². The lowest BCUT2D eigenvalue weighted by atomic mass is 10.2. The van der Waals surface area contributed by atoms with Gasteiger partial charge >= 0.3 is 5.97 Å². The Labute approximate surface area is 113 Å². The highest BCUT2D eigenvalue weighted by atomic mass is 32.2. The summed E-state index contributed by atoms with van der Waals surface area (Å²) in [5.41, 5.74) is 6.12. The summed E-state index contributed by atoms with van der Waals surface area (Å²) >= 11 is 0. The minimum absolute atomic E-state index is 0.0558. The maximum absolute atomic E-state index is 10.6. The van der Waals surface area contributed by atoms with Crippen molar-refractivity contribution in [2.75, 3.05) is 7.11 Å². The number of methoxy groups -OCH3 is 1. The lowest BCUT2D eigenvalue weighted by molar-refractivity contribution is -0.141. The van der Waals surface area contributed by atoms with Crippen LogP contribution >= 0.6 is 0 Å². The Bertz CT molecular complexity index is 493. The first kappa shape index (κ1) is 17.6. The Morgan fingerprint density at radius 2 is 1.84 bits per heavy atom. The van der Waals surface area contributed by atoms with Gasteiger partial charge in [-0.25, -0.2) is 0 Å². The van der Waals surface area contributed by atoms with Gasteiger partial charge < -0.3 is 10.5 Å². The smallest absolute Gasteiger partial charge is 0.322 e. The topological polar surface area (TPSA) is 107 Å². The van der Waals surface area contributed by atoms with Crippen molar-refractivity contribution in [3.63, 3.8) is 0 Å². The summed E-state index contributed by atoms with van der Waals surface area (Å²) in [6.45, 7) is 3.55. The third-order valence-corrected chi connectivity index (χ3v) is 3.07. The van der Waals surface area contributed by atoms with Gasteiger partial charge in [-0.15, -0.1) is 0 Å². The van der Waals surface area contributed by atoms with Crippen molar-refractivity contribution >= 4 is 16.1 Å². The Balaban J connectivity index is 0.000000399. The fourth-order valence-electron chi connectivity index (χ4n) is 1.08. The highest BCUT2D eigenvalue weighted by Crippen LogP contribution is 2.09. The highest BCUT2D eigenvalue weighted by Gasteiger charge is 2.07. The van der Waals surface area contributed by atoms with Crippen LogP contribution in [0.15, 0.2) is 29.2 Å². The second-order valence-corrected chi connectivity index (χ2v) is 5.21. The van der Waals surface area contributed by atoms with Crippen LogP contribution in [0.25, 0.3) is 0 Å². The van der Waals surface area contributed by atoms with Crippen LogP contribution in [0.5, 0.6) is 0 Å². The van der Waals surface area contributed by atoms with Gasteiger partial charge in [0, 0.05) is 0 Å². The number of esters is 1. The second kappa shape index (κ2) is 7.88. The fraction of sp³-hybridized carbons (Fsp3) is 0.417. The van der Waals surface area contributed by atoms with Gasteiger partial charge in [0.1, 0.15) is 6.04 Å². The van der Waals surface area contributed by atoms with E-state index in [9.17, 15) is 13.2 Å². The van der Waals surface area contributed by atoms with E-state index in [0.29, 0.717) is 0 Å². The number of carbonyl (C=O) groups excluding carboxylic acids is 1. The molecule has 0 fully saturated rings. The molecule has 0 saturated carbocycles. The molecule has 0 heterocycles. The zero-order valence-electron chi connectivity index (χ0n) is 11.2. The van der Waals surface area contributed by atoms with Crippen LogP contribution in [0.1, 0.15) is 19.4 Å². The van der Waals surface area contributed by atoms with Crippen LogP contribution in [-0.4, -0.2) is 32.1 Å². The van der Waals surface area contributed by atoms with Crippen LogP contribution in [-0.2, 0) is 26.1 Å². The van der Waals surface area contributed by atoms with E-state index in [1.54, 1.807) is 19.1 Å². The summed E-state index contributed by atoms with van der Waals surface area (Å²) in [6.07, 6.45) is 0.853. The molecule has 3 N–H and O–H groups in total. The summed E-state index contributed by atoms with van der Waals surface area (Å²) in [6, 6.07) is 5.67. The van der Waals surface area contributed by atoms with E-state index >= 15 is 0 Å². The van der Waals surface area contributed by atoms with E-state index in [2.05, 4.69) is 4.74 Å². The van der Waals surface area contributed by atoms with Gasteiger partial charge in [0.05, 0.1) is 12.0 Å². The normalized spacial score (nSPS) is 12.1. The quantitative estimate of drug-likeness (QED) is 0.635. The largest absolute Gasteiger partial charge is 0.468 e. The molecule has 1 aromatic carbocycles. The van der Waals surface area contributed by atoms with Crippen LogP contribution in [0.3, 0.4) is 0 Å². The van der Waals surface area contributed by atoms with E-state index in [4.69, 9.17) is 10.3 Å². The molecule has 1 unspecified atom stereocenters. The molecule has 0 aliphatic carbocycles. The maximum atomic E-state index is 10.6. The lowest BCUT2D eigenvalue weighted by Gasteiger charge is -1.98. The maximum Gasteiger partial charge on any atom is 0.322 e. The summed E-state index contributed by atoms with van der Waals surface area (Å²) in [7, 11) is -2.72. The van der Waals surface area contributed by atoms with Gasteiger partial charge in [0.2, 0.25) is 0 Å². The van der Waals surface area contributed by atoms with Crippen LogP contribution in [0, 0.1) is 0 Å². The van der Waals surface area contributed by atoms with Gasteiger partial charge in [-0.1, -0.05) is 19.1 Å². The zero-order valence-corrected chi connectivity index (χ0v) is 12.0. The van der Waals surface area contributed by atoms with Gasteiger partial charge in [0.25, 0.3) is 10.1 Å². The number of carbonyl (C=O) groups is 1. The molecule has 6 nitrogen and oxygen atoms in total. The average Bonchev–Trinajstić information content (AvgIpc) is 2.37. The van der Waals surface area contributed by atoms with Gasteiger partial charge in [-0.3, -0.25) is 9.35 Å². The molecule has 1 atom stereocenters. The predicted molar refractivity (Wildman–Crippen MR) is 71.3 cm³/mol. The molecule has 1 rings (SSSR count). The molecule has 1 aromatic rings. The van der Waals surface area contributed by atoms with E-state index in [-0.39, 0.29) is 10.9 Å².